The fourth-order valence-electron chi connectivity index (χ4n) is 0.748. The summed E-state index contributed by atoms with van der Waals surface area (Å²) < 4.78 is 0. The van der Waals surface area contributed by atoms with Gasteiger partial charge in [0, 0.05) is 17.5 Å². The number of carbonyl (C=O) groups is 1. The van der Waals surface area contributed by atoms with Gasteiger partial charge < -0.3 is 5.32 Å². The van der Waals surface area contributed by atoms with Gasteiger partial charge in [0.15, 0.2) is 0 Å². The number of benzene rings is 1. The van der Waals surface area contributed by atoms with E-state index in [0.717, 1.165) is 10.6 Å². The Morgan fingerprint density at radius 1 is 1.33 bits per heavy atom. The number of hydrogen-bond acceptors (Lipinski definition) is 2. The first-order valence-corrected chi connectivity index (χ1v) is 3.70. The minimum Gasteiger partial charge on any atom is -0.326 e. The Kier molecular flexibility index (Phi) is 5.66. The zero-order valence-electron chi connectivity index (χ0n) is 7.16. The van der Waals surface area contributed by atoms with Crippen LogP contribution in [0.3, 0.4) is 0 Å². The van der Waals surface area contributed by atoms with Crippen LogP contribution in [-0.4, -0.2) is 5.91 Å². The number of rotatable bonds is 1. The summed E-state index contributed by atoms with van der Waals surface area (Å²) in [6.07, 6.45) is 0. The van der Waals surface area contributed by atoms with Gasteiger partial charge >= 0.3 is 29.6 Å². The smallest absolute Gasteiger partial charge is 0.326 e. The van der Waals surface area contributed by atoms with E-state index in [1.54, 1.807) is 0 Å². The van der Waals surface area contributed by atoms with Gasteiger partial charge in [-0.3, -0.25) is 4.79 Å². The summed E-state index contributed by atoms with van der Waals surface area (Å²) in [7, 11) is 0. The molecule has 0 heterocycles. The van der Waals surface area contributed by atoms with Crippen molar-refractivity contribution in [2.45, 2.75) is 11.8 Å². The maximum atomic E-state index is 10.6. The second kappa shape index (κ2) is 5.65. The third-order valence-corrected chi connectivity index (χ3v) is 1.49. The Bertz CT molecular complexity index is 260. The summed E-state index contributed by atoms with van der Waals surface area (Å²) in [6.45, 7) is 1.48. The standard InChI is InChI=1S/C8H9NOS.Na/c1-6(10)9-7-2-4-8(11)5-3-7;/h2-5,11H,1H3,(H,9,10);/q;+1. The number of hydrogen-bond donors (Lipinski definition) is 2. The van der Waals surface area contributed by atoms with E-state index in [1.807, 2.05) is 24.3 Å². The largest absolute Gasteiger partial charge is 1.00 e. The van der Waals surface area contributed by atoms with Crippen LogP contribution in [0.1, 0.15) is 6.92 Å². The van der Waals surface area contributed by atoms with E-state index in [0.29, 0.717) is 0 Å². The van der Waals surface area contributed by atoms with Gasteiger partial charge in [0.25, 0.3) is 0 Å². The van der Waals surface area contributed by atoms with Crippen LogP contribution in [-0.2, 0) is 4.79 Å². The molecule has 12 heavy (non-hydrogen) atoms. The van der Waals surface area contributed by atoms with Crippen LogP contribution in [0.2, 0.25) is 0 Å². The van der Waals surface area contributed by atoms with Crippen LogP contribution in [0.5, 0.6) is 0 Å². The Morgan fingerprint density at radius 3 is 2.25 bits per heavy atom. The van der Waals surface area contributed by atoms with Gasteiger partial charge in [-0.2, -0.15) is 0 Å². The van der Waals surface area contributed by atoms with E-state index >= 15 is 0 Å². The van der Waals surface area contributed by atoms with Gasteiger partial charge in [-0.1, -0.05) is 0 Å². The van der Waals surface area contributed by atoms with Crippen molar-refractivity contribution in [1.82, 2.24) is 0 Å². The molecule has 0 saturated carbocycles. The van der Waals surface area contributed by atoms with Crippen molar-refractivity contribution in [2.24, 2.45) is 0 Å². The molecular formula is C8H9NNaOS+. The quantitative estimate of drug-likeness (QED) is 0.429. The van der Waals surface area contributed by atoms with Crippen molar-refractivity contribution < 1.29 is 34.4 Å². The van der Waals surface area contributed by atoms with Crippen LogP contribution in [0.15, 0.2) is 29.2 Å². The predicted octanol–water partition coefficient (Wildman–Crippen LogP) is -1.06. The third kappa shape index (κ3) is 4.16. The van der Waals surface area contributed by atoms with Crippen LogP contribution >= 0.6 is 12.6 Å². The Labute approximate surface area is 99.4 Å². The molecule has 0 radical (unpaired) electrons. The molecule has 0 fully saturated rings. The molecule has 4 heteroatoms. The van der Waals surface area contributed by atoms with Gasteiger partial charge in [0.2, 0.25) is 5.91 Å². The molecule has 2 nitrogen and oxygen atoms in total. The number of anilines is 1. The zero-order chi connectivity index (χ0) is 8.27. The van der Waals surface area contributed by atoms with Crippen LogP contribution < -0.4 is 34.9 Å². The van der Waals surface area contributed by atoms with Crippen molar-refractivity contribution in [1.29, 1.82) is 0 Å². The first kappa shape index (κ1) is 12.0. The maximum absolute atomic E-state index is 10.6. The molecule has 58 valence electrons. The molecule has 0 unspecified atom stereocenters. The second-order valence-corrected chi connectivity index (χ2v) is 2.74. The normalized spacial score (nSPS) is 8.50. The second-order valence-electron chi connectivity index (χ2n) is 2.23. The summed E-state index contributed by atoms with van der Waals surface area (Å²) in [4.78, 5) is 11.5. The monoisotopic (exact) mass is 190 g/mol. The molecule has 0 aliphatic carbocycles. The number of carbonyl (C=O) groups excluding carboxylic acids is 1. The molecular weight excluding hydrogens is 181 g/mol. The van der Waals surface area contributed by atoms with Crippen LogP contribution in [0.25, 0.3) is 0 Å². The average molecular weight is 190 g/mol. The van der Waals surface area contributed by atoms with E-state index in [-0.39, 0.29) is 35.5 Å². The van der Waals surface area contributed by atoms with Gasteiger partial charge in [-0.25, -0.2) is 0 Å². The summed E-state index contributed by atoms with van der Waals surface area (Å²) in [6, 6.07) is 7.27. The molecule has 0 atom stereocenters. The van der Waals surface area contributed by atoms with Gasteiger partial charge in [0.1, 0.15) is 0 Å². The fourth-order valence-corrected chi connectivity index (χ4v) is 0.897. The van der Waals surface area contributed by atoms with E-state index in [1.165, 1.54) is 6.92 Å². The molecule has 1 aromatic carbocycles. The van der Waals surface area contributed by atoms with Crippen molar-refractivity contribution in [3.8, 4) is 0 Å². The van der Waals surface area contributed by atoms with E-state index in [2.05, 4.69) is 17.9 Å². The van der Waals surface area contributed by atoms with E-state index in [9.17, 15) is 4.79 Å². The minimum atomic E-state index is -0.0584. The van der Waals surface area contributed by atoms with E-state index < -0.39 is 0 Å². The van der Waals surface area contributed by atoms with Gasteiger partial charge in [-0.15, -0.1) is 12.6 Å². The van der Waals surface area contributed by atoms with Crippen LogP contribution in [0.4, 0.5) is 5.69 Å². The van der Waals surface area contributed by atoms with Crippen LogP contribution in [0, 0.1) is 0 Å². The van der Waals surface area contributed by atoms with Crippen molar-refractivity contribution in [3.05, 3.63) is 24.3 Å². The molecule has 0 aliphatic rings. The molecule has 1 amide bonds. The Balaban J connectivity index is 0.00000121. The molecule has 1 aromatic rings. The first-order chi connectivity index (χ1) is 5.18. The number of thiol groups is 1. The summed E-state index contributed by atoms with van der Waals surface area (Å²) >= 11 is 4.11. The third-order valence-electron chi connectivity index (χ3n) is 1.19. The molecule has 0 bridgehead atoms. The van der Waals surface area contributed by atoms with Crippen molar-refractivity contribution >= 4 is 24.2 Å². The molecule has 0 aliphatic heterocycles. The van der Waals surface area contributed by atoms with Gasteiger partial charge in [-0.05, 0) is 24.3 Å². The first-order valence-electron chi connectivity index (χ1n) is 3.25. The number of amides is 1. The summed E-state index contributed by atoms with van der Waals surface area (Å²) in [5.41, 5.74) is 0.801. The van der Waals surface area contributed by atoms with Crippen molar-refractivity contribution in [3.63, 3.8) is 0 Å². The summed E-state index contributed by atoms with van der Waals surface area (Å²) in [5, 5.41) is 2.66. The maximum Gasteiger partial charge on any atom is 1.00 e. The molecule has 0 spiro atoms. The number of nitrogens with one attached hydrogen (secondary N) is 1. The Morgan fingerprint density at radius 2 is 1.83 bits per heavy atom. The van der Waals surface area contributed by atoms with Gasteiger partial charge in [0.05, 0.1) is 0 Å². The fraction of sp³-hybridized carbons (Fsp3) is 0.125. The topological polar surface area (TPSA) is 29.1 Å². The van der Waals surface area contributed by atoms with E-state index in [4.69, 9.17) is 0 Å². The minimum absolute atomic E-state index is 0. The SMILES string of the molecule is CC(=O)Nc1ccc(S)cc1.[Na+]. The Hall–Kier alpha value is 0.0400. The molecule has 1 rings (SSSR count). The molecule has 1 N–H and O–H groups in total. The zero-order valence-corrected chi connectivity index (χ0v) is 10.1. The average Bonchev–Trinajstić information content (AvgIpc) is 1.93. The van der Waals surface area contributed by atoms with Crippen molar-refractivity contribution in [2.75, 3.05) is 5.32 Å². The molecule has 0 aromatic heterocycles. The molecule has 0 saturated heterocycles. The summed E-state index contributed by atoms with van der Waals surface area (Å²) in [5.74, 6) is -0.0584. The predicted molar refractivity (Wildman–Crippen MR) is 48.0 cm³/mol.